The lowest BCUT2D eigenvalue weighted by Crippen LogP contribution is -2.46. The second kappa shape index (κ2) is 11.6. The molecule has 3 N–H and O–H groups in total. The molecule has 1 aromatic rings. The zero-order valence-corrected chi connectivity index (χ0v) is 20.1. The number of benzene rings is 1. The summed E-state index contributed by atoms with van der Waals surface area (Å²) in [4.78, 5) is 20.4. The summed E-state index contributed by atoms with van der Waals surface area (Å²) in [6.07, 6.45) is 5.16. The molecule has 0 bridgehead atoms. The topological polar surface area (TPSA) is 74.0 Å². The highest BCUT2D eigenvalue weighted by Crippen LogP contribution is 2.23. The molecule has 0 radical (unpaired) electrons. The molecule has 6 nitrogen and oxygen atoms in total. The molecule has 29 heavy (non-hydrogen) atoms. The lowest BCUT2D eigenvalue weighted by molar-refractivity contribution is -0.119. The van der Waals surface area contributed by atoms with Crippen molar-refractivity contribution in [1.29, 1.82) is 0 Å². The van der Waals surface area contributed by atoms with E-state index in [9.17, 15) is 4.79 Å². The van der Waals surface area contributed by atoms with Crippen molar-refractivity contribution in [3.63, 3.8) is 0 Å². The van der Waals surface area contributed by atoms with Gasteiger partial charge in [0.2, 0.25) is 5.91 Å². The zero-order chi connectivity index (χ0) is 19.9. The highest BCUT2D eigenvalue weighted by atomic mass is 127. The molecular formula is C22H36IN5O. The highest BCUT2D eigenvalue weighted by molar-refractivity contribution is 14.0. The first-order valence-corrected chi connectivity index (χ1v) is 10.6. The van der Waals surface area contributed by atoms with Gasteiger partial charge in [0, 0.05) is 51.9 Å². The number of hydrogen-bond donors (Lipinski definition) is 2. The largest absolute Gasteiger partial charge is 0.372 e. The molecule has 2 heterocycles. The molecule has 2 saturated heterocycles. The van der Waals surface area contributed by atoms with E-state index in [0.717, 1.165) is 57.4 Å². The maximum atomic E-state index is 11.2. The van der Waals surface area contributed by atoms with Crippen molar-refractivity contribution in [1.82, 2.24) is 10.2 Å². The summed E-state index contributed by atoms with van der Waals surface area (Å²) in [6, 6.07) is 8.89. The van der Waals surface area contributed by atoms with Crippen molar-refractivity contribution in [2.45, 2.75) is 45.6 Å². The Morgan fingerprint density at radius 1 is 1.17 bits per heavy atom. The van der Waals surface area contributed by atoms with Crippen LogP contribution < -0.4 is 16.0 Å². The number of piperidine rings is 2. The van der Waals surface area contributed by atoms with Crippen LogP contribution in [0.2, 0.25) is 0 Å². The van der Waals surface area contributed by atoms with Gasteiger partial charge in [-0.2, -0.15) is 0 Å². The van der Waals surface area contributed by atoms with Gasteiger partial charge in [-0.15, -0.1) is 24.0 Å². The van der Waals surface area contributed by atoms with E-state index >= 15 is 0 Å². The maximum absolute atomic E-state index is 11.2. The Bertz CT molecular complexity index is 670. The summed E-state index contributed by atoms with van der Waals surface area (Å²) in [5.74, 6) is 1.88. The number of carbonyl (C=O) groups is 1. The second-order valence-electron chi connectivity index (χ2n) is 8.36. The third-order valence-corrected chi connectivity index (χ3v) is 6.06. The molecule has 7 heteroatoms. The minimum absolute atomic E-state index is 0. The van der Waals surface area contributed by atoms with Gasteiger partial charge in [-0.05, 0) is 55.2 Å². The normalized spacial score (nSPS) is 20.9. The number of nitrogens with two attached hydrogens (primary N) is 1. The molecule has 162 valence electrons. The van der Waals surface area contributed by atoms with Crippen molar-refractivity contribution < 1.29 is 4.79 Å². The van der Waals surface area contributed by atoms with E-state index in [0.29, 0.717) is 12.3 Å². The Balaban J connectivity index is 0.00000300. The van der Waals surface area contributed by atoms with E-state index in [1.54, 1.807) is 0 Å². The average Bonchev–Trinajstić information content (AvgIpc) is 2.69. The van der Waals surface area contributed by atoms with Gasteiger partial charge in [-0.1, -0.05) is 19.1 Å². The van der Waals surface area contributed by atoms with Gasteiger partial charge < -0.3 is 20.9 Å². The average molecular weight is 513 g/mol. The molecule has 1 amide bonds. The summed E-state index contributed by atoms with van der Waals surface area (Å²) < 4.78 is 0. The van der Waals surface area contributed by atoms with Gasteiger partial charge in [-0.25, -0.2) is 0 Å². The number of rotatable bonds is 5. The molecule has 2 aliphatic heterocycles. The molecule has 1 unspecified atom stereocenters. The fourth-order valence-electron chi connectivity index (χ4n) is 4.31. The van der Waals surface area contributed by atoms with Gasteiger partial charge in [0.25, 0.3) is 0 Å². The Morgan fingerprint density at radius 2 is 1.86 bits per heavy atom. The van der Waals surface area contributed by atoms with Crippen molar-refractivity contribution >= 4 is 41.5 Å². The third-order valence-electron chi connectivity index (χ3n) is 6.06. The summed E-state index contributed by atoms with van der Waals surface area (Å²) in [7, 11) is 1.82. The molecule has 0 saturated carbocycles. The Morgan fingerprint density at radius 3 is 2.48 bits per heavy atom. The van der Waals surface area contributed by atoms with Crippen molar-refractivity contribution in [3.8, 4) is 0 Å². The standard InChI is InChI=1S/C22H35N5O.HI/c1-17-9-12-26(13-10-17)20-7-5-18(6-8-20)15-25-22(24-2)27-11-3-4-19(16-27)14-21(23)28;/h5-8,17,19H,3-4,9-16H2,1-2H3,(H2,23,28)(H,24,25);1H. The minimum Gasteiger partial charge on any atom is -0.372 e. The molecule has 0 spiro atoms. The number of likely N-dealkylation sites (tertiary alicyclic amines) is 1. The van der Waals surface area contributed by atoms with Gasteiger partial charge in [0.05, 0.1) is 0 Å². The van der Waals surface area contributed by atoms with Gasteiger partial charge >= 0.3 is 0 Å². The second-order valence-corrected chi connectivity index (χ2v) is 8.36. The molecule has 2 fully saturated rings. The number of carbonyl (C=O) groups excluding carboxylic acids is 1. The summed E-state index contributed by atoms with van der Waals surface area (Å²) in [5, 5.41) is 3.48. The number of nitrogens with zero attached hydrogens (tertiary/aromatic N) is 3. The van der Waals surface area contributed by atoms with Crippen LogP contribution >= 0.6 is 24.0 Å². The molecule has 0 aliphatic carbocycles. The fourth-order valence-corrected chi connectivity index (χ4v) is 4.31. The van der Waals surface area contributed by atoms with E-state index in [-0.39, 0.29) is 29.9 Å². The lowest BCUT2D eigenvalue weighted by Gasteiger charge is -2.34. The molecular weight excluding hydrogens is 477 g/mol. The van der Waals surface area contributed by atoms with Crippen LogP contribution in [0.1, 0.15) is 44.6 Å². The van der Waals surface area contributed by atoms with Crippen molar-refractivity contribution in [2.24, 2.45) is 22.6 Å². The van der Waals surface area contributed by atoms with Crippen LogP contribution in [0.4, 0.5) is 5.69 Å². The van der Waals surface area contributed by atoms with Gasteiger partial charge in [0.15, 0.2) is 5.96 Å². The highest BCUT2D eigenvalue weighted by Gasteiger charge is 2.23. The van der Waals surface area contributed by atoms with Gasteiger partial charge in [0.1, 0.15) is 0 Å². The molecule has 1 atom stereocenters. The predicted octanol–water partition coefficient (Wildman–Crippen LogP) is 3.20. The van der Waals surface area contributed by atoms with Crippen molar-refractivity contribution in [3.05, 3.63) is 29.8 Å². The zero-order valence-electron chi connectivity index (χ0n) is 17.8. The van der Waals surface area contributed by atoms with Crippen molar-refractivity contribution in [2.75, 3.05) is 38.1 Å². The Kier molecular flexibility index (Phi) is 9.52. The SMILES string of the molecule is CN=C(NCc1ccc(N2CCC(C)CC2)cc1)N1CCCC(CC(N)=O)C1.I. The predicted molar refractivity (Wildman–Crippen MR) is 131 cm³/mol. The monoisotopic (exact) mass is 513 g/mol. The van der Waals surface area contributed by atoms with Gasteiger partial charge in [-0.3, -0.25) is 9.79 Å². The number of amides is 1. The minimum atomic E-state index is -0.210. The smallest absolute Gasteiger partial charge is 0.217 e. The Hall–Kier alpha value is -1.51. The first-order chi connectivity index (χ1) is 13.5. The van der Waals surface area contributed by atoms with E-state index in [1.165, 1.54) is 24.1 Å². The summed E-state index contributed by atoms with van der Waals surface area (Å²) in [6.45, 7) is 7.23. The number of primary amides is 1. The summed E-state index contributed by atoms with van der Waals surface area (Å²) >= 11 is 0. The van der Waals surface area contributed by atoms with E-state index in [4.69, 9.17) is 5.73 Å². The van der Waals surface area contributed by atoms with Crippen LogP contribution in [-0.2, 0) is 11.3 Å². The van der Waals surface area contributed by atoms with E-state index < -0.39 is 0 Å². The third kappa shape index (κ3) is 7.04. The lowest BCUT2D eigenvalue weighted by atomic mass is 9.95. The molecule has 0 aromatic heterocycles. The van der Waals surface area contributed by atoms with Crippen LogP contribution in [-0.4, -0.2) is 50.0 Å². The van der Waals surface area contributed by atoms with Crippen LogP contribution in [0.15, 0.2) is 29.3 Å². The number of halogens is 1. The fraction of sp³-hybridized carbons (Fsp3) is 0.636. The number of nitrogens with one attached hydrogen (secondary N) is 1. The summed E-state index contributed by atoms with van der Waals surface area (Å²) in [5.41, 5.74) is 7.95. The molecule has 2 aliphatic rings. The first kappa shape index (κ1) is 23.8. The maximum Gasteiger partial charge on any atom is 0.217 e. The van der Waals surface area contributed by atoms with E-state index in [1.807, 2.05) is 7.05 Å². The number of aliphatic imine (C=N–C) groups is 1. The van der Waals surface area contributed by atoms with Crippen LogP contribution in [0.3, 0.4) is 0 Å². The number of hydrogen-bond acceptors (Lipinski definition) is 3. The first-order valence-electron chi connectivity index (χ1n) is 10.6. The quantitative estimate of drug-likeness (QED) is 0.361. The van der Waals surface area contributed by atoms with Crippen LogP contribution in [0.5, 0.6) is 0 Å². The van der Waals surface area contributed by atoms with Crippen LogP contribution in [0, 0.1) is 11.8 Å². The Labute approximate surface area is 192 Å². The van der Waals surface area contributed by atoms with E-state index in [2.05, 4.69) is 51.3 Å². The number of anilines is 1. The van der Waals surface area contributed by atoms with Crippen LogP contribution in [0.25, 0.3) is 0 Å². The number of guanidine groups is 1. The molecule has 3 rings (SSSR count). The molecule has 1 aromatic carbocycles.